The molecule has 1 saturated heterocycles. The quantitative estimate of drug-likeness (QED) is 0.773. The van der Waals surface area contributed by atoms with E-state index in [1.165, 1.54) is 0 Å². The minimum atomic E-state index is 0.219. The maximum atomic E-state index is 12.4. The first-order valence-corrected chi connectivity index (χ1v) is 8.65. The van der Waals surface area contributed by atoms with E-state index in [-0.39, 0.29) is 5.91 Å². The number of rotatable bonds is 4. The number of carbonyl (C=O) groups excluding carboxylic acids is 1. The standard InChI is InChI=1S/C18H20BrN3O/c19-17-8-4-7-16(20-17)14-21-9-11-22(12-10-21)18(23)13-15-5-2-1-3-6-15/h1-8H,9-14H2. The Bertz CT molecular complexity index is 654. The summed E-state index contributed by atoms with van der Waals surface area (Å²) in [5, 5.41) is 0. The molecule has 0 spiro atoms. The maximum Gasteiger partial charge on any atom is 0.227 e. The Kier molecular flexibility index (Phi) is 5.41. The van der Waals surface area contributed by atoms with Crippen LogP contribution in [0.15, 0.2) is 53.1 Å². The number of nitrogens with zero attached hydrogens (tertiary/aromatic N) is 3. The van der Waals surface area contributed by atoms with E-state index in [9.17, 15) is 4.79 Å². The van der Waals surface area contributed by atoms with Gasteiger partial charge in [-0.05, 0) is 33.6 Å². The SMILES string of the molecule is O=C(Cc1ccccc1)N1CCN(Cc2cccc(Br)n2)CC1. The van der Waals surface area contributed by atoms with E-state index in [2.05, 4.69) is 25.8 Å². The van der Waals surface area contributed by atoms with Gasteiger partial charge in [-0.3, -0.25) is 9.69 Å². The van der Waals surface area contributed by atoms with Crippen LogP contribution < -0.4 is 0 Å². The second-order valence-electron chi connectivity index (χ2n) is 5.77. The van der Waals surface area contributed by atoms with Crippen molar-refractivity contribution in [2.45, 2.75) is 13.0 Å². The van der Waals surface area contributed by atoms with Crippen molar-refractivity contribution in [1.82, 2.24) is 14.8 Å². The fourth-order valence-corrected chi connectivity index (χ4v) is 3.19. The van der Waals surface area contributed by atoms with Crippen LogP contribution in [0.1, 0.15) is 11.3 Å². The van der Waals surface area contributed by atoms with Gasteiger partial charge in [0.25, 0.3) is 0 Å². The molecule has 4 nitrogen and oxygen atoms in total. The van der Waals surface area contributed by atoms with Crippen LogP contribution in [0.25, 0.3) is 0 Å². The van der Waals surface area contributed by atoms with Gasteiger partial charge in [0.1, 0.15) is 4.60 Å². The zero-order valence-corrected chi connectivity index (χ0v) is 14.6. The predicted molar refractivity (Wildman–Crippen MR) is 93.9 cm³/mol. The Morgan fingerprint density at radius 1 is 1.00 bits per heavy atom. The molecular weight excluding hydrogens is 354 g/mol. The van der Waals surface area contributed by atoms with Crippen LogP contribution >= 0.6 is 15.9 Å². The monoisotopic (exact) mass is 373 g/mol. The predicted octanol–water partition coefficient (Wildman–Crippen LogP) is 2.73. The van der Waals surface area contributed by atoms with Gasteiger partial charge in [-0.15, -0.1) is 0 Å². The molecule has 0 bridgehead atoms. The van der Waals surface area contributed by atoms with Crippen LogP contribution in [0.4, 0.5) is 0 Å². The highest BCUT2D eigenvalue weighted by atomic mass is 79.9. The summed E-state index contributed by atoms with van der Waals surface area (Å²) in [4.78, 5) is 21.2. The lowest BCUT2D eigenvalue weighted by Crippen LogP contribution is -2.48. The van der Waals surface area contributed by atoms with Crippen LogP contribution in [0.2, 0.25) is 0 Å². The van der Waals surface area contributed by atoms with Crippen molar-refractivity contribution in [1.29, 1.82) is 0 Å². The van der Waals surface area contributed by atoms with Gasteiger partial charge in [0.2, 0.25) is 5.91 Å². The second-order valence-corrected chi connectivity index (χ2v) is 6.58. The van der Waals surface area contributed by atoms with Crippen molar-refractivity contribution in [2.75, 3.05) is 26.2 Å². The van der Waals surface area contributed by atoms with E-state index in [0.717, 1.165) is 48.6 Å². The molecule has 2 aromatic rings. The smallest absolute Gasteiger partial charge is 0.227 e. The third-order valence-corrected chi connectivity index (χ3v) is 4.52. The average Bonchev–Trinajstić information content (AvgIpc) is 2.56. The molecule has 0 saturated carbocycles. The van der Waals surface area contributed by atoms with E-state index in [1.54, 1.807) is 0 Å². The van der Waals surface area contributed by atoms with Crippen molar-refractivity contribution in [3.63, 3.8) is 0 Å². The average molecular weight is 374 g/mol. The lowest BCUT2D eigenvalue weighted by atomic mass is 10.1. The van der Waals surface area contributed by atoms with Crippen LogP contribution in [-0.2, 0) is 17.8 Å². The highest BCUT2D eigenvalue weighted by Crippen LogP contribution is 2.11. The molecular formula is C18H20BrN3O. The van der Waals surface area contributed by atoms with Crippen molar-refractivity contribution in [3.8, 4) is 0 Å². The van der Waals surface area contributed by atoms with Gasteiger partial charge in [-0.2, -0.15) is 0 Å². The molecule has 1 fully saturated rings. The second kappa shape index (κ2) is 7.70. The molecule has 1 aromatic carbocycles. The van der Waals surface area contributed by atoms with Crippen molar-refractivity contribution < 1.29 is 4.79 Å². The Hall–Kier alpha value is -1.72. The highest BCUT2D eigenvalue weighted by molar-refractivity contribution is 9.10. The third-order valence-electron chi connectivity index (χ3n) is 4.08. The lowest BCUT2D eigenvalue weighted by Gasteiger charge is -2.34. The minimum absolute atomic E-state index is 0.219. The zero-order valence-electron chi connectivity index (χ0n) is 13.0. The summed E-state index contributed by atoms with van der Waals surface area (Å²) in [7, 11) is 0. The molecule has 0 atom stereocenters. The van der Waals surface area contributed by atoms with Gasteiger partial charge in [-0.1, -0.05) is 36.4 Å². The zero-order chi connectivity index (χ0) is 16.1. The lowest BCUT2D eigenvalue weighted by molar-refractivity contribution is -0.132. The normalized spacial score (nSPS) is 15.6. The largest absolute Gasteiger partial charge is 0.340 e. The summed E-state index contributed by atoms with van der Waals surface area (Å²) in [6.07, 6.45) is 0.494. The number of halogens is 1. The van der Waals surface area contributed by atoms with E-state index >= 15 is 0 Å². The van der Waals surface area contributed by atoms with E-state index in [0.29, 0.717) is 6.42 Å². The Labute approximate surface area is 145 Å². The molecule has 1 aliphatic rings. The molecule has 1 amide bonds. The third kappa shape index (κ3) is 4.62. The Morgan fingerprint density at radius 2 is 1.74 bits per heavy atom. The molecule has 0 radical (unpaired) electrons. The number of hydrogen-bond acceptors (Lipinski definition) is 3. The van der Waals surface area contributed by atoms with Gasteiger partial charge in [0, 0.05) is 32.7 Å². The number of hydrogen-bond donors (Lipinski definition) is 0. The number of amides is 1. The number of carbonyl (C=O) groups is 1. The Morgan fingerprint density at radius 3 is 2.43 bits per heavy atom. The van der Waals surface area contributed by atoms with Crippen molar-refractivity contribution >= 4 is 21.8 Å². The van der Waals surface area contributed by atoms with E-state index < -0.39 is 0 Å². The summed E-state index contributed by atoms with van der Waals surface area (Å²) in [6.45, 7) is 4.21. The molecule has 0 aliphatic carbocycles. The first-order valence-electron chi connectivity index (χ1n) is 7.86. The molecule has 3 rings (SSSR count). The van der Waals surface area contributed by atoms with Crippen molar-refractivity contribution in [3.05, 3.63) is 64.4 Å². The van der Waals surface area contributed by atoms with Gasteiger partial charge in [0.05, 0.1) is 12.1 Å². The van der Waals surface area contributed by atoms with Crippen molar-refractivity contribution in [2.24, 2.45) is 0 Å². The summed E-state index contributed by atoms with van der Waals surface area (Å²) in [6, 6.07) is 15.9. The van der Waals surface area contributed by atoms with Crippen LogP contribution in [0, 0.1) is 0 Å². The summed E-state index contributed by atoms with van der Waals surface area (Å²) >= 11 is 3.40. The molecule has 23 heavy (non-hydrogen) atoms. The fraction of sp³-hybridized carbons (Fsp3) is 0.333. The number of piperazine rings is 1. The summed E-state index contributed by atoms with van der Waals surface area (Å²) < 4.78 is 0.867. The molecule has 0 unspecified atom stereocenters. The summed E-state index contributed by atoms with van der Waals surface area (Å²) in [5.41, 5.74) is 2.14. The van der Waals surface area contributed by atoms with Crippen LogP contribution in [0.3, 0.4) is 0 Å². The van der Waals surface area contributed by atoms with Crippen LogP contribution in [-0.4, -0.2) is 46.9 Å². The topological polar surface area (TPSA) is 36.4 Å². The number of benzene rings is 1. The molecule has 1 aliphatic heterocycles. The first-order chi connectivity index (χ1) is 11.2. The highest BCUT2D eigenvalue weighted by Gasteiger charge is 2.21. The van der Waals surface area contributed by atoms with Crippen LogP contribution in [0.5, 0.6) is 0 Å². The number of pyridine rings is 1. The van der Waals surface area contributed by atoms with E-state index in [4.69, 9.17) is 0 Å². The Balaban J connectivity index is 1.49. The van der Waals surface area contributed by atoms with E-state index in [1.807, 2.05) is 53.4 Å². The van der Waals surface area contributed by atoms with Gasteiger partial charge >= 0.3 is 0 Å². The number of aromatic nitrogens is 1. The van der Waals surface area contributed by atoms with Gasteiger partial charge in [-0.25, -0.2) is 4.98 Å². The molecule has 120 valence electrons. The molecule has 1 aromatic heterocycles. The molecule has 2 heterocycles. The molecule has 5 heteroatoms. The minimum Gasteiger partial charge on any atom is -0.340 e. The fourth-order valence-electron chi connectivity index (χ4n) is 2.81. The summed E-state index contributed by atoms with van der Waals surface area (Å²) in [5.74, 6) is 0.219. The maximum absolute atomic E-state index is 12.4. The molecule has 0 N–H and O–H groups in total. The van der Waals surface area contributed by atoms with Gasteiger partial charge < -0.3 is 4.90 Å². The van der Waals surface area contributed by atoms with Gasteiger partial charge in [0.15, 0.2) is 0 Å². The first kappa shape index (κ1) is 16.1.